The standard InChI is InChI=1S/C17H22BrN3.2ClH/c18-13-3-4-16-14(10-13)15(11-20-16)17(9-12-1-2-12)21-7-5-19-6-8-21;;/h3-4,10-12,17,19-20H,1-2,5-9H2;2*1H/t17-;;/m0../s1. The van der Waals surface area contributed by atoms with Crippen molar-refractivity contribution in [1.29, 1.82) is 0 Å². The maximum absolute atomic E-state index is 3.62. The topological polar surface area (TPSA) is 31.1 Å². The molecule has 0 radical (unpaired) electrons. The van der Waals surface area contributed by atoms with E-state index in [-0.39, 0.29) is 24.8 Å². The Labute approximate surface area is 158 Å². The third-order valence-electron chi connectivity index (χ3n) is 4.88. The van der Waals surface area contributed by atoms with Crippen LogP contribution in [-0.2, 0) is 0 Å². The number of nitrogens with zero attached hydrogens (tertiary/aromatic N) is 1. The minimum absolute atomic E-state index is 0. The maximum atomic E-state index is 3.62. The van der Waals surface area contributed by atoms with Crippen LogP contribution < -0.4 is 5.32 Å². The van der Waals surface area contributed by atoms with Crippen molar-refractivity contribution < 1.29 is 0 Å². The number of piperazine rings is 1. The zero-order valence-electron chi connectivity index (χ0n) is 13.1. The van der Waals surface area contributed by atoms with Gasteiger partial charge >= 0.3 is 0 Å². The molecule has 23 heavy (non-hydrogen) atoms. The fourth-order valence-corrected chi connectivity index (χ4v) is 3.89. The zero-order valence-corrected chi connectivity index (χ0v) is 16.3. The van der Waals surface area contributed by atoms with Gasteiger partial charge in [-0.2, -0.15) is 0 Å². The van der Waals surface area contributed by atoms with Crippen LogP contribution in [-0.4, -0.2) is 36.1 Å². The van der Waals surface area contributed by atoms with Gasteiger partial charge in [-0.05, 0) is 36.1 Å². The molecule has 2 fully saturated rings. The number of aromatic amines is 1. The van der Waals surface area contributed by atoms with Crippen LogP contribution in [0.3, 0.4) is 0 Å². The van der Waals surface area contributed by atoms with Crippen molar-refractivity contribution in [3.05, 3.63) is 34.4 Å². The van der Waals surface area contributed by atoms with Gasteiger partial charge in [0.25, 0.3) is 0 Å². The second-order valence-electron chi connectivity index (χ2n) is 6.41. The monoisotopic (exact) mass is 419 g/mol. The molecule has 1 aliphatic heterocycles. The van der Waals surface area contributed by atoms with Crippen molar-refractivity contribution in [1.82, 2.24) is 15.2 Å². The average molecular weight is 421 g/mol. The normalized spacial score (nSPS) is 19.9. The first-order valence-electron chi connectivity index (χ1n) is 8.02. The van der Waals surface area contributed by atoms with Crippen molar-refractivity contribution in [3.63, 3.8) is 0 Å². The van der Waals surface area contributed by atoms with Gasteiger partial charge in [-0.15, -0.1) is 24.8 Å². The van der Waals surface area contributed by atoms with Crippen molar-refractivity contribution in [2.24, 2.45) is 5.92 Å². The summed E-state index contributed by atoms with van der Waals surface area (Å²) in [6.07, 6.45) is 6.41. The quantitative estimate of drug-likeness (QED) is 0.761. The molecule has 1 aliphatic carbocycles. The third-order valence-corrected chi connectivity index (χ3v) is 5.37. The van der Waals surface area contributed by atoms with Crippen LogP contribution in [0.1, 0.15) is 30.9 Å². The first-order valence-corrected chi connectivity index (χ1v) is 8.82. The molecule has 1 aromatic carbocycles. The third kappa shape index (κ3) is 4.23. The van der Waals surface area contributed by atoms with Crippen LogP contribution in [0.25, 0.3) is 10.9 Å². The van der Waals surface area contributed by atoms with Crippen molar-refractivity contribution >= 4 is 51.6 Å². The van der Waals surface area contributed by atoms with Crippen LogP contribution in [0, 0.1) is 5.92 Å². The first kappa shape index (κ1) is 19.1. The lowest BCUT2D eigenvalue weighted by Gasteiger charge is -2.35. The summed E-state index contributed by atoms with van der Waals surface area (Å²) in [6.45, 7) is 4.57. The Morgan fingerprint density at radius 1 is 1.17 bits per heavy atom. The summed E-state index contributed by atoms with van der Waals surface area (Å²) in [5.74, 6) is 0.946. The van der Waals surface area contributed by atoms with E-state index in [1.165, 1.54) is 40.2 Å². The van der Waals surface area contributed by atoms with Crippen molar-refractivity contribution in [2.75, 3.05) is 26.2 Å². The molecule has 1 aromatic heterocycles. The van der Waals surface area contributed by atoms with Gasteiger partial charge in [0.05, 0.1) is 0 Å². The molecule has 2 heterocycles. The number of halogens is 3. The number of hydrogen-bond acceptors (Lipinski definition) is 2. The molecule has 2 aromatic rings. The highest BCUT2D eigenvalue weighted by atomic mass is 79.9. The van der Waals surface area contributed by atoms with Gasteiger partial charge in [-0.25, -0.2) is 0 Å². The van der Waals surface area contributed by atoms with E-state index in [9.17, 15) is 0 Å². The van der Waals surface area contributed by atoms with E-state index in [4.69, 9.17) is 0 Å². The molecule has 4 rings (SSSR count). The van der Waals surface area contributed by atoms with Gasteiger partial charge < -0.3 is 10.3 Å². The molecule has 1 atom stereocenters. The number of aromatic nitrogens is 1. The molecule has 2 N–H and O–H groups in total. The number of rotatable bonds is 4. The van der Waals surface area contributed by atoms with Crippen LogP contribution in [0.15, 0.2) is 28.9 Å². The highest BCUT2D eigenvalue weighted by Gasteiger charge is 2.31. The summed E-state index contributed by atoms with van der Waals surface area (Å²) in [5.41, 5.74) is 2.74. The Kier molecular flexibility index (Phi) is 6.81. The summed E-state index contributed by atoms with van der Waals surface area (Å²) >= 11 is 3.62. The lowest BCUT2D eigenvalue weighted by atomic mass is 9.98. The lowest BCUT2D eigenvalue weighted by molar-refractivity contribution is 0.161. The molecule has 6 heteroatoms. The molecule has 1 saturated heterocycles. The minimum Gasteiger partial charge on any atom is -0.361 e. The second-order valence-corrected chi connectivity index (χ2v) is 7.33. The van der Waals surface area contributed by atoms with E-state index < -0.39 is 0 Å². The Bertz CT molecular complexity index is 636. The molecule has 0 amide bonds. The Balaban J connectivity index is 0.000000960. The molecule has 0 unspecified atom stereocenters. The molecule has 3 nitrogen and oxygen atoms in total. The van der Waals surface area contributed by atoms with Gasteiger partial charge in [0.1, 0.15) is 0 Å². The molecule has 0 spiro atoms. The maximum Gasteiger partial charge on any atom is 0.0458 e. The van der Waals surface area contributed by atoms with E-state index in [1.807, 2.05) is 0 Å². The van der Waals surface area contributed by atoms with Crippen LogP contribution in [0.2, 0.25) is 0 Å². The second kappa shape index (κ2) is 8.21. The van der Waals surface area contributed by atoms with E-state index >= 15 is 0 Å². The Morgan fingerprint density at radius 2 is 1.91 bits per heavy atom. The molecule has 128 valence electrons. The summed E-state index contributed by atoms with van der Waals surface area (Å²) in [6, 6.07) is 7.13. The summed E-state index contributed by atoms with van der Waals surface area (Å²) in [7, 11) is 0. The highest BCUT2D eigenvalue weighted by Crippen LogP contribution is 2.42. The molecule has 1 saturated carbocycles. The summed E-state index contributed by atoms with van der Waals surface area (Å²) in [5, 5.41) is 4.86. The van der Waals surface area contributed by atoms with E-state index in [2.05, 4.69) is 55.5 Å². The number of nitrogens with one attached hydrogen (secondary N) is 2. The van der Waals surface area contributed by atoms with E-state index in [0.717, 1.165) is 32.1 Å². The number of fused-ring (bicyclic) bond motifs is 1. The van der Waals surface area contributed by atoms with Gasteiger partial charge in [-0.1, -0.05) is 28.8 Å². The first-order chi connectivity index (χ1) is 10.3. The smallest absolute Gasteiger partial charge is 0.0458 e. The molecule has 0 bridgehead atoms. The predicted molar refractivity (Wildman–Crippen MR) is 105 cm³/mol. The van der Waals surface area contributed by atoms with E-state index in [0.29, 0.717) is 6.04 Å². The van der Waals surface area contributed by atoms with Crippen molar-refractivity contribution in [2.45, 2.75) is 25.3 Å². The average Bonchev–Trinajstić information content (AvgIpc) is 3.25. The lowest BCUT2D eigenvalue weighted by Crippen LogP contribution is -2.45. The SMILES string of the molecule is Brc1ccc2[nH]cc([C@H](CC3CC3)N3CCNCC3)c2c1.Cl.Cl. The van der Waals surface area contributed by atoms with E-state index in [1.54, 1.807) is 0 Å². The molecule has 2 aliphatic rings. The number of hydrogen-bond donors (Lipinski definition) is 2. The minimum atomic E-state index is 0. The van der Waals surface area contributed by atoms with Gasteiger partial charge in [0.2, 0.25) is 0 Å². The van der Waals surface area contributed by atoms with Gasteiger partial charge in [0, 0.05) is 53.8 Å². The Morgan fingerprint density at radius 3 is 2.61 bits per heavy atom. The fourth-order valence-electron chi connectivity index (χ4n) is 3.53. The largest absolute Gasteiger partial charge is 0.361 e. The van der Waals surface area contributed by atoms with Crippen LogP contribution >= 0.6 is 40.7 Å². The summed E-state index contributed by atoms with van der Waals surface area (Å²) < 4.78 is 1.17. The summed E-state index contributed by atoms with van der Waals surface area (Å²) in [4.78, 5) is 6.14. The van der Waals surface area contributed by atoms with Crippen LogP contribution in [0.4, 0.5) is 0 Å². The van der Waals surface area contributed by atoms with Crippen molar-refractivity contribution in [3.8, 4) is 0 Å². The van der Waals surface area contributed by atoms with Crippen LogP contribution in [0.5, 0.6) is 0 Å². The van der Waals surface area contributed by atoms with Gasteiger partial charge in [-0.3, -0.25) is 4.90 Å². The Hall–Kier alpha value is -0.260. The van der Waals surface area contributed by atoms with Gasteiger partial charge in [0.15, 0.2) is 0 Å². The number of benzene rings is 1. The zero-order chi connectivity index (χ0) is 14.2. The predicted octanol–water partition coefficient (Wildman–Crippen LogP) is 4.52. The number of H-pyrrole nitrogens is 1. The highest BCUT2D eigenvalue weighted by molar-refractivity contribution is 9.10. The molecular weight excluding hydrogens is 397 g/mol. The fraction of sp³-hybridized carbons (Fsp3) is 0.529. The molecular formula is C17H24BrCl2N3.